The van der Waals surface area contributed by atoms with Crippen molar-refractivity contribution < 1.29 is 23.7 Å². The molecule has 10 heteroatoms. The minimum atomic E-state index is 0.150. The fourth-order valence-corrected chi connectivity index (χ4v) is 2.14. The van der Waals surface area contributed by atoms with E-state index in [9.17, 15) is 4.79 Å². The molecule has 0 aromatic carbocycles. The van der Waals surface area contributed by atoms with Crippen LogP contribution in [0.5, 0.6) is 0 Å². The third kappa shape index (κ3) is 12.6. The van der Waals surface area contributed by atoms with E-state index in [1.165, 1.54) is 0 Å². The number of carbonyl (C=O) groups is 1. The van der Waals surface area contributed by atoms with Crippen molar-refractivity contribution >= 4 is 5.91 Å². The average molecular weight is 359 g/mol. The number of hydrogen-bond acceptors (Lipinski definition) is 7. The van der Waals surface area contributed by atoms with Crippen LogP contribution in [-0.2, 0) is 23.7 Å². The highest BCUT2D eigenvalue weighted by Gasteiger charge is 2.15. The van der Waals surface area contributed by atoms with Gasteiger partial charge in [-0.2, -0.15) is 0 Å². The van der Waals surface area contributed by atoms with Gasteiger partial charge < -0.3 is 29.2 Å². The van der Waals surface area contributed by atoms with Gasteiger partial charge in [-0.3, -0.25) is 4.79 Å². The van der Waals surface area contributed by atoms with Crippen molar-refractivity contribution in [3.05, 3.63) is 10.4 Å². The molecule has 0 unspecified atom stereocenters. The summed E-state index contributed by atoms with van der Waals surface area (Å²) in [6.07, 6.45) is 0.419. The molecule has 0 aromatic heterocycles. The molecule has 0 spiro atoms. The molecule has 1 aliphatic heterocycles. The maximum absolute atomic E-state index is 11.9. The third-order valence-corrected chi connectivity index (χ3v) is 3.44. The Labute approximate surface area is 148 Å². The summed E-state index contributed by atoms with van der Waals surface area (Å²) in [5.41, 5.74) is 8.07. The van der Waals surface area contributed by atoms with Crippen LogP contribution in [0.3, 0.4) is 0 Å². The quantitative estimate of drug-likeness (QED) is 0.193. The van der Waals surface area contributed by atoms with Crippen LogP contribution in [-0.4, -0.2) is 96.4 Å². The highest BCUT2D eigenvalue weighted by molar-refractivity contribution is 5.76. The van der Waals surface area contributed by atoms with Crippen LogP contribution in [0.4, 0.5) is 0 Å². The van der Waals surface area contributed by atoms with Crippen molar-refractivity contribution in [3.8, 4) is 0 Å². The predicted molar refractivity (Wildman–Crippen MR) is 91.4 cm³/mol. The summed E-state index contributed by atoms with van der Waals surface area (Å²) >= 11 is 0. The lowest BCUT2D eigenvalue weighted by molar-refractivity contribution is -0.133. The number of nitrogens with one attached hydrogen (secondary N) is 1. The third-order valence-electron chi connectivity index (χ3n) is 3.44. The molecule has 0 aliphatic carbocycles. The van der Waals surface area contributed by atoms with Crippen molar-refractivity contribution in [1.82, 2.24) is 10.2 Å². The van der Waals surface area contributed by atoms with Crippen LogP contribution in [0.1, 0.15) is 6.42 Å². The minimum Gasteiger partial charge on any atom is -0.379 e. The van der Waals surface area contributed by atoms with Crippen molar-refractivity contribution in [2.24, 2.45) is 5.11 Å². The number of carbonyl (C=O) groups excluding carboxylic acids is 1. The molecule has 1 N–H and O–H groups in total. The van der Waals surface area contributed by atoms with Gasteiger partial charge >= 0.3 is 0 Å². The summed E-state index contributed by atoms with van der Waals surface area (Å²) in [5, 5.41) is 6.57. The van der Waals surface area contributed by atoms with Crippen LogP contribution in [0.2, 0.25) is 0 Å². The zero-order chi connectivity index (χ0) is 18.0. The maximum Gasteiger partial charge on any atom is 0.224 e. The van der Waals surface area contributed by atoms with E-state index in [0.29, 0.717) is 65.8 Å². The number of rotatable bonds is 15. The van der Waals surface area contributed by atoms with Gasteiger partial charge in [-0.25, -0.2) is 0 Å². The van der Waals surface area contributed by atoms with Crippen molar-refractivity contribution in [2.45, 2.75) is 6.42 Å². The van der Waals surface area contributed by atoms with Gasteiger partial charge in [0.1, 0.15) is 0 Å². The molecule has 1 fully saturated rings. The van der Waals surface area contributed by atoms with E-state index in [2.05, 4.69) is 15.3 Å². The first-order valence-corrected chi connectivity index (χ1v) is 8.65. The summed E-state index contributed by atoms with van der Waals surface area (Å²) in [6.45, 7) is 7.31. The second-order valence-electron chi connectivity index (χ2n) is 5.28. The van der Waals surface area contributed by atoms with E-state index in [1.54, 1.807) is 0 Å². The fraction of sp³-hybridized carbons (Fsp3) is 0.933. The molecule has 1 rings (SSSR count). The van der Waals surface area contributed by atoms with Gasteiger partial charge in [0.15, 0.2) is 0 Å². The molecule has 10 nitrogen and oxygen atoms in total. The average Bonchev–Trinajstić information content (AvgIpc) is 2.65. The zero-order valence-electron chi connectivity index (χ0n) is 14.7. The summed E-state index contributed by atoms with van der Waals surface area (Å²) in [5.74, 6) is 0.150. The summed E-state index contributed by atoms with van der Waals surface area (Å²) < 4.78 is 21.3. The topological polar surface area (TPSA) is 118 Å². The number of hydrogen-bond donors (Lipinski definition) is 1. The molecule has 25 heavy (non-hydrogen) atoms. The molecule has 1 amide bonds. The van der Waals surface area contributed by atoms with E-state index in [1.807, 2.05) is 4.90 Å². The Hall–Kier alpha value is -1.42. The first kappa shape index (κ1) is 21.6. The first-order valence-electron chi connectivity index (χ1n) is 8.65. The van der Waals surface area contributed by atoms with Gasteiger partial charge in [-0.15, -0.1) is 0 Å². The number of amides is 1. The molecule has 1 saturated heterocycles. The molecular weight excluding hydrogens is 330 g/mol. The van der Waals surface area contributed by atoms with E-state index < -0.39 is 0 Å². The van der Waals surface area contributed by atoms with Crippen molar-refractivity contribution in [2.75, 3.05) is 85.6 Å². The van der Waals surface area contributed by atoms with Gasteiger partial charge in [0.2, 0.25) is 5.91 Å². The standard InChI is InChI=1S/C15H29N5O5/c16-19-18-4-8-23-10-12-25-14-13-24-11-9-22-7-1-15(21)20-5-2-17-3-6-20/h17H,1-14H2. The van der Waals surface area contributed by atoms with E-state index in [4.69, 9.17) is 24.5 Å². The van der Waals surface area contributed by atoms with Gasteiger partial charge in [0.05, 0.1) is 59.3 Å². The molecule has 0 saturated carbocycles. The Morgan fingerprint density at radius 2 is 1.44 bits per heavy atom. The van der Waals surface area contributed by atoms with E-state index in [-0.39, 0.29) is 5.91 Å². The second kappa shape index (κ2) is 16.1. The number of piperazine rings is 1. The second-order valence-corrected chi connectivity index (χ2v) is 5.28. The molecule has 0 radical (unpaired) electrons. The largest absolute Gasteiger partial charge is 0.379 e. The smallest absolute Gasteiger partial charge is 0.224 e. The van der Waals surface area contributed by atoms with E-state index in [0.717, 1.165) is 26.2 Å². The molecule has 1 heterocycles. The predicted octanol–water partition coefficient (Wildman–Crippen LogP) is 0.185. The Bertz CT molecular complexity index is 387. The zero-order valence-corrected chi connectivity index (χ0v) is 14.7. The SMILES string of the molecule is [N-]=[N+]=NCCOCCOCCOCCOCCC(=O)N1CCNCC1. The number of nitrogens with zero attached hydrogens (tertiary/aromatic N) is 4. The highest BCUT2D eigenvalue weighted by Crippen LogP contribution is 1.97. The maximum atomic E-state index is 11.9. The van der Waals surface area contributed by atoms with Gasteiger partial charge in [-0.05, 0) is 5.53 Å². The Balaban J connectivity index is 1.75. The number of ether oxygens (including phenoxy) is 4. The lowest BCUT2D eigenvalue weighted by Crippen LogP contribution is -2.46. The molecule has 144 valence electrons. The summed E-state index contributed by atoms with van der Waals surface area (Å²) in [7, 11) is 0. The molecule has 0 bridgehead atoms. The Morgan fingerprint density at radius 3 is 2.00 bits per heavy atom. The first-order chi connectivity index (χ1) is 12.3. The van der Waals surface area contributed by atoms with Crippen molar-refractivity contribution in [3.63, 3.8) is 0 Å². The summed E-state index contributed by atoms with van der Waals surface area (Å²) in [4.78, 5) is 16.4. The summed E-state index contributed by atoms with van der Waals surface area (Å²) in [6, 6.07) is 0. The Morgan fingerprint density at radius 1 is 0.920 bits per heavy atom. The molecular formula is C15H29N5O5. The number of azide groups is 1. The van der Waals surface area contributed by atoms with Crippen LogP contribution >= 0.6 is 0 Å². The lowest BCUT2D eigenvalue weighted by Gasteiger charge is -2.27. The fourth-order valence-electron chi connectivity index (χ4n) is 2.14. The molecule has 0 atom stereocenters. The molecule has 1 aliphatic rings. The van der Waals surface area contributed by atoms with Crippen LogP contribution in [0.15, 0.2) is 5.11 Å². The highest BCUT2D eigenvalue weighted by atomic mass is 16.6. The van der Waals surface area contributed by atoms with Gasteiger partial charge in [0.25, 0.3) is 0 Å². The lowest BCUT2D eigenvalue weighted by atomic mass is 10.3. The normalized spacial score (nSPS) is 14.3. The van der Waals surface area contributed by atoms with Gasteiger partial charge in [-0.1, -0.05) is 5.11 Å². The van der Waals surface area contributed by atoms with Crippen LogP contribution < -0.4 is 5.32 Å². The minimum absolute atomic E-state index is 0.150. The molecule has 0 aromatic rings. The van der Waals surface area contributed by atoms with E-state index >= 15 is 0 Å². The Kier molecular flexibility index (Phi) is 13.9. The van der Waals surface area contributed by atoms with Crippen LogP contribution in [0.25, 0.3) is 10.4 Å². The monoisotopic (exact) mass is 359 g/mol. The van der Waals surface area contributed by atoms with Gasteiger partial charge in [0, 0.05) is 37.6 Å². The van der Waals surface area contributed by atoms with Crippen molar-refractivity contribution in [1.29, 1.82) is 0 Å². The van der Waals surface area contributed by atoms with Crippen LogP contribution in [0, 0.1) is 0 Å².